The van der Waals surface area contributed by atoms with Crippen LogP contribution in [0.5, 0.6) is 11.5 Å². The van der Waals surface area contributed by atoms with E-state index in [4.69, 9.17) is 27.0 Å². The summed E-state index contributed by atoms with van der Waals surface area (Å²) >= 11 is 1.12. The molecule has 0 aliphatic carbocycles. The fourth-order valence-electron chi connectivity index (χ4n) is 2.73. The average Bonchev–Trinajstić information content (AvgIpc) is 3.31. The molecule has 3 aromatic rings. The quantitative estimate of drug-likeness (QED) is 0.505. The number of ether oxygens (including phenoxy) is 2. The molecule has 2 aromatic carbocycles. The Hall–Kier alpha value is -4.01. The van der Waals surface area contributed by atoms with Crippen molar-refractivity contribution in [2.24, 2.45) is 0 Å². The molecule has 8 heteroatoms. The van der Waals surface area contributed by atoms with Crippen molar-refractivity contribution in [2.45, 2.75) is 0 Å². The molecular weight excluding hydrogens is 376 g/mol. The number of hydrogen-bond donors (Lipinski definition) is 2. The van der Waals surface area contributed by atoms with E-state index in [0.717, 1.165) is 11.3 Å². The fraction of sp³-hybridized carbons (Fsp3) is 0.0500. The Morgan fingerprint density at radius 2 is 1.96 bits per heavy atom. The molecule has 0 atom stereocenters. The van der Waals surface area contributed by atoms with E-state index >= 15 is 0 Å². The highest BCUT2D eigenvalue weighted by Gasteiger charge is 2.23. The second kappa shape index (κ2) is 6.95. The number of nitrogen functional groups attached to an aromatic ring is 1. The SMILES string of the molecule is [C-]#[N+]c1c(Nc2ccc3c(c2)OCO3)sc(C(=O)c2ccc(C#N)cc2)c1N. The topological polar surface area (TPSA) is 102 Å². The van der Waals surface area contributed by atoms with Gasteiger partial charge in [-0.1, -0.05) is 0 Å². The summed E-state index contributed by atoms with van der Waals surface area (Å²) in [5.41, 5.74) is 7.97. The van der Waals surface area contributed by atoms with Gasteiger partial charge in [0.1, 0.15) is 5.00 Å². The van der Waals surface area contributed by atoms with E-state index in [1.54, 1.807) is 42.5 Å². The zero-order valence-corrected chi connectivity index (χ0v) is 15.2. The number of thiophene rings is 1. The monoisotopic (exact) mass is 388 g/mol. The van der Waals surface area contributed by atoms with Gasteiger partial charge in [0.05, 0.1) is 28.8 Å². The van der Waals surface area contributed by atoms with Crippen molar-refractivity contribution >= 4 is 39.2 Å². The van der Waals surface area contributed by atoms with E-state index < -0.39 is 0 Å². The van der Waals surface area contributed by atoms with Crippen LogP contribution in [0.25, 0.3) is 4.85 Å². The van der Waals surface area contributed by atoms with E-state index in [-0.39, 0.29) is 28.8 Å². The number of ketones is 1. The van der Waals surface area contributed by atoms with Crippen LogP contribution in [0, 0.1) is 17.9 Å². The number of carbonyl (C=O) groups excluding carboxylic acids is 1. The summed E-state index contributed by atoms with van der Waals surface area (Å²) in [7, 11) is 0. The molecule has 1 aliphatic heterocycles. The van der Waals surface area contributed by atoms with Gasteiger partial charge >= 0.3 is 0 Å². The first kappa shape index (κ1) is 17.4. The van der Waals surface area contributed by atoms with Crippen LogP contribution in [-0.2, 0) is 0 Å². The van der Waals surface area contributed by atoms with Crippen LogP contribution in [0.2, 0.25) is 0 Å². The van der Waals surface area contributed by atoms with Gasteiger partial charge in [-0.3, -0.25) is 4.79 Å². The first-order valence-corrected chi connectivity index (χ1v) is 8.93. The molecule has 7 nitrogen and oxygen atoms in total. The third-order valence-corrected chi connectivity index (χ3v) is 5.25. The van der Waals surface area contributed by atoms with Crippen molar-refractivity contribution in [1.82, 2.24) is 0 Å². The highest BCUT2D eigenvalue weighted by Crippen LogP contribution is 2.45. The molecule has 0 fully saturated rings. The lowest BCUT2D eigenvalue weighted by Crippen LogP contribution is -2.01. The number of carbonyl (C=O) groups is 1. The molecule has 0 radical (unpaired) electrons. The number of nitrogens with one attached hydrogen (secondary N) is 1. The lowest BCUT2D eigenvalue weighted by molar-refractivity contribution is 0.104. The number of anilines is 3. The van der Waals surface area contributed by atoms with Gasteiger partial charge in [-0.15, -0.1) is 11.3 Å². The van der Waals surface area contributed by atoms with Gasteiger partial charge in [0.15, 0.2) is 11.5 Å². The Kier molecular flexibility index (Phi) is 4.32. The molecule has 1 aromatic heterocycles. The summed E-state index contributed by atoms with van der Waals surface area (Å²) in [6.45, 7) is 7.61. The summed E-state index contributed by atoms with van der Waals surface area (Å²) < 4.78 is 10.6. The van der Waals surface area contributed by atoms with Crippen LogP contribution in [0.4, 0.5) is 22.1 Å². The smallest absolute Gasteiger partial charge is 0.243 e. The van der Waals surface area contributed by atoms with E-state index in [2.05, 4.69) is 10.2 Å². The van der Waals surface area contributed by atoms with Gasteiger partial charge < -0.3 is 20.5 Å². The Morgan fingerprint density at radius 1 is 1.21 bits per heavy atom. The normalized spacial score (nSPS) is 11.5. The van der Waals surface area contributed by atoms with E-state index in [1.165, 1.54) is 0 Å². The lowest BCUT2D eigenvalue weighted by atomic mass is 10.1. The number of rotatable bonds is 4. The molecule has 0 saturated heterocycles. The summed E-state index contributed by atoms with van der Waals surface area (Å²) in [5.74, 6) is 0.960. The van der Waals surface area contributed by atoms with E-state index in [0.29, 0.717) is 33.3 Å². The number of nitrogens with zero attached hydrogens (tertiary/aromatic N) is 2. The predicted molar refractivity (Wildman–Crippen MR) is 105 cm³/mol. The van der Waals surface area contributed by atoms with Crippen LogP contribution in [0.15, 0.2) is 42.5 Å². The zero-order valence-electron chi connectivity index (χ0n) is 14.4. The maximum atomic E-state index is 12.8. The fourth-order valence-corrected chi connectivity index (χ4v) is 3.77. The number of benzene rings is 2. The Labute approximate surface area is 164 Å². The number of fused-ring (bicyclic) bond motifs is 1. The summed E-state index contributed by atoms with van der Waals surface area (Å²) in [6, 6.07) is 13.6. The summed E-state index contributed by atoms with van der Waals surface area (Å²) in [6.07, 6.45) is 0. The van der Waals surface area contributed by atoms with Crippen LogP contribution < -0.4 is 20.5 Å². The standard InChI is InChI=1S/C20H12N4O3S/c1-23-17-16(22)19(18(25)12-4-2-11(9-21)3-5-12)28-20(17)24-13-6-7-14-15(8-13)27-10-26-14/h2-8,24H,10,22H2. The van der Waals surface area contributed by atoms with Crippen molar-refractivity contribution in [2.75, 3.05) is 17.8 Å². The van der Waals surface area contributed by atoms with Gasteiger partial charge in [0.2, 0.25) is 18.3 Å². The summed E-state index contributed by atoms with van der Waals surface area (Å²) in [4.78, 5) is 16.6. The number of nitriles is 1. The highest BCUT2D eigenvalue weighted by atomic mass is 32.1. The molecule has 1 aliphatic rings. The van der Waals surface area contributed by atoms with Crippen LogP contribution in [-0.4, -0.2) is 12.6 Å². The van der Waals surface area contributed by atoms with Crippen LogP contribution in [0.3, 0.4) is 0 Å². The molecule has 136 valence electrons. The van der Waals surface area contributed by atoms with Crippen LogP contribution in [0.1, 0.15) is 20.8 Å². The van der Waals surface area contributed by atoms with Crippen molar-refractivity contribution in [3.63, 3.8) is 0 Å². The van der Waals surface area contributed by atoms with Crippen molar-refractivity contribution in [3.8, 4) is 17.6 Å². The van der Waals surface area contributed by atoms with Crippen molar-refractivity contribution in [1.29, 1.82) is 5.26 Å². The summed E-state index contributed by atoms with van der Waals surface area (Å²) in [5, 5.41) is 12.5. The lowest BCUT2D eigenvalue weighted by Gasteiger charge is -2.05. The average molecular weight is 388 g/mol. The Balaban J connectivity index is 1.67. The van der Waals surface area contributed by atoms with Gasteiger partial charge in [-0.2, -0.15) is 5.26 Å². The third kappa shape index (κ3) is 2.98. The van der Waals surface area contributed by atoms with Crippen LogP contribution >= 0.6 is 11.3 Å². The van der Waals surface area contributed by atoms with E-state index in [1.807, 2.05) is 6.07 Å². The van der Waals surface area contributed by atoms with E-state index in [9.17, 15) is 4.79 Å². The van der Waals surface area contributed by atoms with Crippen molar-refractivity contribution in [3.05, 3.63) is 69.9 Å². The first-order valence-electron chi connectivity index (χ1n) is 8.12. The largest absolute Gasteiger partial charge is 0.454 e. The predicted octanol–water partition coefficient (Wildman–Crippen LogP) is 4.46. The second-order valence-electron chi connectivity index (χ2n) is 5.85. The molecule has 3 N–H and O–H groups in total. The molecule has 2 heterocycles. The highest BCUT2D eigenvalue weighted by molar-refractivity contribution is 7.19. The first-order chi connectivity index (χ1) is 13.6. The minimum absolute atomic E-state index is 0.137. The maximum Gasteiger partial charge on any atom is 0.243 e. The zero-order chi connectivity index (χ0) is 19.7. The molecule has 0 bridgehead atoms. The molecule has 0 saturated carbocycles. The minimum Gasteiger partial charge on any atom is -0.454 e. The molecule has 0 spiro atoms. The van der Waals surface area contributed by atoms with Gasteiger partial charge in [0, 0.05) is 17.3 Å². The second-order valence-corrected chi connectivity index (χ2v) is 6.87. The maximum absolute atomic E-state index is 12.8. The molecule has 0 unspecified atom stereocenters. The molecular formula is C20H12N4O3S. The number of hydrogen-bond acceptors (Lipinski definition) is 7. The molecule has 0 amide bonds. The van der Waals surface area contributed by atoms with Gasteiger partial charge in [-0.05, 0) is 36.4 Å². The number of nitrogens with two attached hydrogens (primary N) is 1. The Morgan fingerprint density at radius 3 is 2.68 bits per heavy atom. The van der Waals surface area contributed by atoms with Gasteiger partial charge in [-0.25, -0.2) is 4.85 Å². The Bertz CT molecular complexity index is 1170. The minimum atomic E-state index is -0.296. The van der Waals surface area contributed by atoms with Crippen molar-refractivity contribution < 1.29 is 14.3 Å². The third-order valence-electron chi connectivity index (χ3n) is 4.14. The molecule has 28 heavy (non-hydrogen) atoms. The molecule has 4 rings (SSSR count). The van der Waals surface area contributed by atoms with Gasteiger partial charge in [0.25, 0.3) is 0 Å².